The number of hydrogen-bond acceptors (Lipinski definition) is 4. The zero-order chi connectivity index (χ0) is 32.2. The van der Waals surface area contributed by atoms with Gasteiger partial charge in [-0.05, 0) is 0 Å². The number of carbonyl (C=O) groups excluding carboxylic acids is 2. The second kappa shape index (κ2) is 17.0. The molecule has 4 nitrogen and oxygen atoms in total. The van der Waals surface area contributed by atoms with E-state index in [1.807, 2.05) is 50.2 Å². The van der Waals surface area contributed by atoms with Crippen molar-refractivity contribution in [2.24, 2.45) is 0 Å². The topological polar surface area (TPSA) is 52.6 Å². The Morgan fingerprint density at radius 3 is 1.42 bits per heavy atom. The molecule has 0 radical (unpaired) electrons. The maximum atomic E-state index is 12.3. The Balaban J connectivity index is 0.000000210. The zero-order valence-electron chi connectivity index (χ0n) is 26.3. The van der Waals surface area contributed by atoms with Crippen molar-refractivity contribution in [3.8, 4) is 11.1 Å². The molecule has 0 unspecified atom stereocenters. The fraction of sp³-hybridized carbons (Fsp3) is 0.179. The van der Waals surface area contributed by atoms with E-state index >= 15 is 0 Å². The van der Waals surface area contributed by atoms with Crippen molar-refractivity contribution in [1.29, 1.82) is 0 Å². The summed E-state index contributed by atoms with van der Waals surface area (Å²) < 4.78 is 12.6. The Morgan fingerprint density at radius 1 is 0.533 bits per heavy atom. The van der Waals surface area contributed by atoms with Crippen LogP contribution in [0.3, 0.4) is 0 Å². The van der Waals surface area contributed by atoms with Crippen LogP contribution in [0.15, 0.2) is 115 Å². The summed E-state index contributed by atoms with van der Waals surface area (Å²) in [5, 5.41) is 1.77. The SMILES string of the molecule is COC(=O)c1c(C)cc(-c2ccccc2)cc1C[Se]c1ccccc1.COC(=O)c1c(C)cc(C)cc1C[Se]c1ccccc1. The maximum absolute atomic E-state index is 12.3. The van der Waals surface area contributed by atoms with Gasteiger partial charge in [0.2, 0.25) is 0 Å². The van der Waals surface area contributed by atoms with Gasteiger partial charge >= 0.3 is 281 Å². The molecule has 0 aliphatic heterocycles. The number of rotatable bonds is 9. The summed E-state index contributed by atoms with van der Waals surface area (Å²) in [7, 11) is 2.88. The van der Waals surface area contributed by atoms with Gasteiger partial charge in [-0.1, -0.05) is 0 Å². The second-order valence-corrected chi connectivity index (χ2v) is 14.9. The first-order valence-electron chi connectivity index (χ1n) is 14.6. The fourth-order valence-corrected chi connectivity index (χ4v) is 8.86. The molecule has 5 aromatic rings. The molecule has 6 heteroatoms. The van der Waals surface area contributed by atoms with Gasteiger partial charge in [-0.2, -0.15) is 0 Å². The molecule has 0 heterocycles. The molecule has 0 aliphatic rings. The molecule has 5 aromatic carbocycles. The summed E-state index contributed by atoms with van der Waals surface area (Å²) in [6.45, 7) is 6.02. The predicted octanol–water partition coefficient (Wildman–Crippen LogP) is 6.60. The number of methoxy groups -OCH3 is 2. The van der Waals surface area contributed by atoms with E-state index in [4.69, 9.17) is 9.47 Å². The molecule has 0 atom stereocenters. The normalized spacial score (nSPS) is 10.4. The van der Waals surface area contributed by atoms with Crippen molar-refractivity contribution in [2.75, 3.05) is 14.2 Å². The Bertz CT molecular complexity index is 1720. The summed E-state index contributed by atoms with van der Waals surface area (Å²) >= 11 is 0.593. The number of ether oxygens (including phenoxy) is 2. The molecule has 230 valence electrons. The number of benzene rings is 5. The second-order valence-electron chi connectivity index (χ2n) is 10.5. The van der Waals surface area contributed by atoms with E-state index in [2.05, 4.69) is 85.8 Å². The molecule has 0 amide bonds. The van der Waals surface area contributed by atoms with Crippen molar-refractivity contribution in [3.05, 3.63) is 154 Å². The summed E-state index contributed by atoms with van der Waals surface area (Å²) in [4.78, 5) is 24.3. The van der Waals surface area contributed by atoms with Crippen LogP contribution >= 0.6 is 0 Å². The van der Waals surface area contributed by atoms with Crippen molar-refractivity contribution in [3.63, 3.8) is 0 Å². The van der Waals surface area contributed by atoms with Gasteiger partial charge in [0.05, 0.1) is 0 Å². The van der Waals surface area contributed by atoms with Gasteiger partial charge in [-0.3, -0.25) is 0 Å². The Hall–Kier alpha value is -3.92. The summed E-state index contributed by atoms with van der Waals surface area (Å²) in [6, 6.07) is 39.5. The van der Waals surface area contributed by atoms with E-state index in [0.29, 0.717) is 20.5 Å². The van der Waals surface area contributed by atoms with E-state index in [-0.39, 0.29) is 26.9 Å². The van der Waals surface area contributed by atoms with Gasteiger partial charge in [0.1, 0.15) is 0 Å². The minimum absolute atomic E-state index is 0.235. The van der Waals surface area contributed by atoms with E-state index in [1.165, 1.54) is 28.7 Å². The van der Waals surface area contributed by atoms with Gasteiger partial charge in [0.25, 0.3) is 0 Å². The van der Waals surface area contributed by atoms with E-state index in [0.717, 1.165) is 49.6 Å². The van der Waals surface area contributed by atoms with Crippen LogP contribution in [0.25, 0.3) is 11.1 Å². The third kappa shape index (κ3) is 9.53. The Labute approximate surface area is 279 Å². The average Bonchev–Trinajstić information content (AvgIpc) is 3.07. The molecule has 0 saturated carbocycles. The summed E-state index contributed by atoms with van der Waals surface area (Å²) in [6.07, 6.45) is 0. The van der Waals surface area contributed by atoms with Crippen LogP contribution in [0, 0.1) is 20.8 Å². The zero-order valence-corrected chi connectivity index (χ0v) is 29.8. The molecule has 0 aromatic heterocycles. The van der Waals surface area contributed by atoms with Crippen molar-refractivity contribution < 1.29 is 19.1 Å². The van der Waals surface area contributed by atoms with E-state index in [1.54, 1.807) is 0 Å². The molecule has 0 spiro atoms. The number of hydrogen-bond donors (Lipinski definition) is 0. The minimum atomic E-state index is -0.254. The van der Waals surface area contributed by atoms with E-state index < -0.39 is 0 Å². The van der Waals surface area contributed by atoms with Gasteiger partial charge in [-0.25, -0.2) is 0 Å². The molecule has 5 rings (SSSR count). The average molecular weight is 729 g/mol. The number of esters is 2. The molecular weight excluding hydrogens is 690 g/mol. The summed E-state index contributed by atoms with van der Waals surface area (Å²) in [5.41, 5.74) is 9.06. The van der Waals surface area contributed by atoms with Crippen LogP contribution in [0.4, 0.5) is 0 Å². The first-order chi connectivity index (χ1) is 21.8. The molecule has 0 aliphatic carbocycles. The van der Waals surface area contributed by atoms with Gasteiger partial charge in [0.15, 0.2) is 0 Å². The molecule has 0 fully saturated rings. The van der Waals surface area contributed by atoms with Crippen molar-refractivity contribution in [1.82, 2.24) is 0 Å². The monoisotopic (exact) mass is 730 g/mol. The van der Waals surface area contributed by atoms with Crippen molar-refractivity contribution in [2.45, 2.75) is 31.4 Å². The fourth-order valence-electron chi connectivity index (χ4n) is 5.08. The predicted molar refractivity (Wildman–Crippen MR) is 186 cm³/mol. The van der Waals surface area contributed by atoms with Crippen LogP contribution in [-0.2, 0) is 20.1 Å². The van der Waals surface area contributed by atoms with Crippen LogP contribution in [0.1, 0.15) is 48.5 Å². The van der Waals surface area contributed by atoms with Crippen LogP contribution in [0.2, 0.25) is 0 Å². The quantitative estimate of drug-likeness (QED) is 0.127. The molecule has 0 N–H and O–H groups in total. The van der Waals surface area contributed by atoms with Crippen LogP contribution in [0.5, 0.6) is 0 Å². The standard InChI is InChI=1S/C22H20O2Se.C17H18O2Se/c1-16-13-18(17-9-5-3-6-10-17)14-19(21(16)22(23)24-2)15-25-20-11-7-4-8-12-20;1-12-9-13(2)16(17(18)19-3)14(10-12)11-20-15-7-5-4-6-8-15/h3-14H,15H2,1-2H3;4-10H,11H2,1-3H3. The number of aryl methyl sites for hydroxylation is 3. The number of carbonyl (C=O) groups is 2. The van der Waals surface area contributed by atoms with Gasteiger partial charge in [0, 0.05) is 0 Å². The van der Waals surface area contributed by atoms with Crippen molar-refractivity contribution >= 4 is 50.8 Å². The van der Waals surface area contributed by atoms with Gasteiger partial charge < -0.3 is 0 Å². The first kappa shape index (κ1) is 34.0. The van der Waals surface area contributed by atoms with Crippen LogP contribution < -0.4 is 8.92 Å². The molecular formula is C39H38O4Se2. The Morgan fingerprint density at radius 2 is 0.956 bits per heavy atom. The third-order valence-corrected chi connectivity index (χ3v) is 11.6. The van der Waals surface area contributed by atoms with Crippen LogP contribution in [-0.4, -0.2) is 56.1 Å². The van der Waals surface area contributed by atoms with Gasteiger partial charge in [-0.15, -0.1) is 0 Å². The summed E-state index contributed by atoms with van der Waals surface area (Å²) in [5.74, 6) is -0.489. The first-order valence-corrected chi connectivity index (χ1v) is 18.8. The molecule has 45 heavy (non-hydrogen) atoms. The molecule has 0 bridgehead atoms. The van der Waals surface area contributed by atoms with E-state index in [9.17, 15) is 9.59 Å². The molecule has 0 saturated heterocycles. The third-order valence-electron chi connectivity index (χ3n) is 7.14. The Kier molecular flexibility index (Phi) is 12.8.